The molecule has 0 saturated carbocycles. The van der Waals surface area contributed by atoms with Crippen molar-refractivity contribution in [1.29, 1.82) is 0 Å². The second-order valence-corrected chi connectivity index (χ2v) is 7.39. The van der Waals surface area contributed by atoms with Crippen LogP contribution in [0.5, 0.6) is 0 Å². The van der Waals surface area contributed by atoms with Gasteiger partial charge in [0, 0.05) is 12.0 Å². The smallest absolute Gasteiger partial charge is 0.163 e. The maximum absolute atomic E-state index is 12.8. The van der Waals surface area contributed by atoms with E-state index in [1.807, 2.05) is 0 Å². The fraction of sp³-hybridized carbons (Fsp3) is 0.550. The van der Waals surface area contributed by atoms with E-state index in [4.69, 9.17) is 0 Å². The van der Waals surface area contributed by atoms with Crippen molar-refractivity contribution in [1.82, 2.24) is 0 Å². The molecule has 0 atom stereocenters. The summed E-state index contributed by atoms with van der Waals surface area (Å²) in [5.74, 6) is 0.853. The maximum Gasteiger partial charge on any atom is 0.163 e. The van der Waals surface area contributed by atoms with E-state index in [1.54, 1.807) is 0 Å². The van der Waals surface area contributed by atoms with Crippen molar-refractivity contribution in [3.05, 3.63) is 46.5 Å². The zero-order valence-electron chi connectivity index (χ0n) is 14.1. The molecular weight excluding hydrogens is 256 g/mol. The SMILES string of the molecule is CC1=C(C(=O)Cc2ccc(C(C)C)cc2)C(C)(C)CCC1. The van der Waals surface area contributed by atoms with Crippen LogP contribution in [-0.4, -0.2) is 5.78 Å². The van der Waals surface area contributed by atoms with E-state index >= 15 is 0 Å². The van der Waals surface area contributed by atoms with E-state index in [2.05, 4.69) is 58.9 Å². The predicted octanol–water partition coefficient (Wildman–Crippen LogP) is 5.45. The number of hydrogen-bond acceptors (Lipinski definition) is 1. The standard InChI is InChI=1S/C20H28O/c1-14(2)17-10-8-16(9-11-17)13-18(21)19-15(3)7-6-12-20(19,4)5/h8-11,14H,6-7,12-13H2,1-5H3. The molecule has 0 saturated heterocycles. The lowest BCUT2D eigenvalue weighted by Crippen LogP contribution is -2.27. The van der Waals surface area contributed by atoms with Crippen LogP contribution in [0.1, 0.15) is 70.9 Å². The Morgan fingerprint density at radius 1 is 1.19 bits per heavy atom. The summed E-state index contributed by atoms with van der Waals surface area (Å²) in [6.07, 6.45) is 3.95. The van der Waals surface area contributed by atoms with E-state index < -0.39 is 0 Å². The normalized spacial score (nSPS) is 18.2. The number of Topliss-reactive ketones (excluding diaryl/α,β-unsaturated/α-hetero) is 1. The summed E-state index contributed by atoms with van der Waals surface area (Å²) in [6, 6.07) is 8.53. The molecule has 114 valence electrons. The monoisotopic (exact) mass is 284 g/mol. The summed E-state index contributed by atoms with van der Waals surface area (Å²) in [4.78, 5) is 12.8. The minimum Gasteiger partial charge on any atom is -0.294 e. The average Bonchev–Trinajstić information content (AvgIpc) is 2.37. The van der Waals surface area contributed by atoms with Crippen molar-refractivity contribution in [3.63, 3.8) is 0 Å². The average molecular weight is 284 g/mol. The topological polar surface area (TPSA) is 17.1 Å². The van der Waals surface area contributed by atoms with Gasteiger partial charge in [-0.2, -0.15) is 0 Å². The first-order chi connectivity index (χ1) is 9.81. The zero-order valence-corrected chi connectivity index (χ0v) is 14.1. The van der Waals surface area contributed by atoms with Crippen LogP contribution in [0.2, 0.25) is 0 Å². The van der Waals surface area contributed by atoms with Gasteiger partial charge in [0.25, 0.3) is 0 Å². The lowest BCUT2D eigenvalue weighted by molar-refractivity contribution is -0.116. The van der Waals surface area contributed by atoms with E-state index in [-0.39, 0.29) is 5.41 Å². The van der Waals surface area contributed by atoms with Crippen molar-refractivity contribution in [2.75, 3.05) is 0 Å². The van der Waals surface area contributed by atoms with Crippen molar-refractivity contribution >= 4 is 5.78 Å². The Bertz CT molecular complexity index is 544. The molecular formula is C20H28O. The molecule has 0 spiro atoms. The molecule has 1 nitrogen and oxygen atoms in total. The number of ketones is 1. The van der Waals surface area contributed by atoms with E-state index in [0.717, 1.165) is 24.0 Å². The van der Waals surface area contributed by atoms with E-state index in [9.17, 15) is 4.79 Å². The lowest BCUT2D eigenvalue weighted by Gasteiger charge is -2.33. The number of hydrogen-bond donors (Lipinski definition) is 0. The first-order valence-electron chi connectivity index (χ1n) is 8.13. The molecule has 1 heteroatoms. The molecule has 1 aliphatic carbocycles. The van der Waals surface area contributed by atoms with Gasteiger partial charge < -0.3 is 0 Å². The Morgan fingerprint density at radius 3 is 2.33 bits per heavy atom. The summed E-state index contributed by atoms with van der Waals surface area (Å²) in [7, 11) is 0. The molecule has 0 aromatic heterocycles. The number of carbonyl (C=O) groups is 1. The number of rotatable bonds is 4. The Hall–Kier alpha value is -1.37. The van der Waals surface area contributed by atoms with Gasteiger partial charge in [0.1, 0.15) is 0 Å². The minimum absolute atomic E-state index is 0.0390. The van der Waals surface area contributed by atoms with Crippen LogP contribution < -0.4 is 0 Å². The zero-order chi connectivity index (χ0) is 15.6. The van der Waals surface area contributed by atoms with Crippen LogP contribution in [0, 0.1) is 5.41 Å². The van der Waals surface area contributed by atoms with Crippen LogP contribution in [0.4, 0.5) is 0 Å². The fourth-order valence-electron chi connectivity index (χ4n) is 3.53. The fourth-order valence-corrected chi connectivity index (χ4v) is 3.53. The summed E-state index contributed by atoms with van der Waals surface area (Å²) in [6.45, 7) is 10.9. The third-order valence-electron chi connectivity index (χ3n) is 4.75. The molecule has 0 bridgehead atoms. The van der Waals surface area contributed by atoms with Gasteiger partial charge in [-0.1, -0.05) is 57.5 Å². The first-order valence-corrected chi connectivity index (χ1v) is 8.13. The molecule has 0 unspecified atom stereocenters. The van der Waals surface area contributed by atoms with E-state index in [1.165, 1.54) is 17.6 Å². The van der Waals surface area contributed by atoms with Gasteiger partial charge in [0.05, 0.1) is 0 Å². The second kappa shape index (κ2) is 6.17. The van der Waals surface area contributed by atoms with Gasteiger partial charge >= 0.3 is 0 Å². The Kier molecular flexibility index (Phi) is 4.70. The van der Waals surface area contributed by atoms with Gasteiger partial charge in [-0.3, -0.25) is 4.79 Å². The highest BCUT2D eigenvalue weighted by molar-refractivity contribution is 5.98. The molecule has 21 heavy (non-hydrogen) atoms. The van der Waals surface area contributed by atoms with Gasteiger partial charge in [0.15, 0.2) is 5.78 Å². The van der Waals surface area contributed by atoms with Gasteiger partial charge in [-0.05, 0) is 48.6 Å². The molecule has 0 aliphatic heterocycles. The Labute approximate surface area is 129 Å². The third-order valence-corrected chi connectivity index (χ3v) is 4.75. The highest BCUT2D eigenvalue weighted by atomic mass is 16.1. The summed E-state index contributed by atoms with van der Waals surface area (Å²) in [5.41, 5.74) is 4.89. The van der Waals surface area contributed by atoms with E-state index in [0.29, 0.717) is 18.1 Å². The number of carbonyl (C=O) groups excluding carboxylic acids is 1. The lowest BCUT2D eigenvalue weighted by atomic mass is 9.70. The number of allylic oxidation sites excluding steroid dienone is 2. The molecule has 1 aromatic carbocycles. The van der Waals surface area contributed by atoms with Crippen LogP contribution >= 0.6 is 0 Å². The summed E-state index contributed by atoms with van der Waals surface area (Å²) in [5, 5.41) is 0. The largest absolute Gasteiger partial charge is 0.294 e. The Morgan fingerprint density at radius 2 is 1.81 bits per heavy atom. The molecule has 0 heterocycles. The summed E-state index contributed by atoms with van der Waals surface area (Å²) >= 11 is 0. The molecule has 1 aliphatic rings. The quantitative estimate of drug-likeness (QED) is 0.718. The van der Waals surface area contributed by atoms with Crippen molar-refractivity contribution < 1.29 is 4.79 Å². The van der Waals surface area contributed by atoms with Crippen molar-refractivity contribution in [2.45, 2.75) is 66.2 Å². The van der Waals surface area contributed by atoms with Crippen LogP contribution in [-0.2, 0) is 11.2 Å². The molecule has 0 fully saturated rings. The molecule has 0 radical (unpaired) electrons. The summed E-state index contributed by atoms with van der Waals surface area (Å²) < 4.78 is 0. The molecule has 0 amide bonds. The second-order valence-electron chi connectivity index (χ2n) is 7.39. The minimum atomic E-state index is 0.0390. The van der Waals surface area contributed by atoms with Crippen molar-refractivity contribution in [3.8, 4) is 0 Å². The maximum atomic E-state index is 12.8. The van der Waals surface area contributed by atoms with Gasteiger partial charge in [-0.15, -0.1) is 0 Å². The predicted molar refractivity (Wildman–Crippen MR) is 89.6 cm³/mol. The van der Waals surface area contributed by atoms with Crippen LogP contribution in [0.3, 0.4) is 0 Å². The van der Waals surface area contributed by atoms with Crippen LogP contribution in [0.25, 0.3) is 0 Å². The van der Waals surface area contributed by atoms with Crippen molar-refractivity contribution in [2.24, 2.45) is 5.41 Å². The van der Waals surface area contributed by atoms with Gasteiger partial charge in [-0.25, -0.2) is 0 Å². The highest BCUT2D eigenvalue weighted by Crippen LogP contribution is 2.40. The van der Waals surface area contributed by atoms with Gasteiger partial charge in [0.2, 0.25) is 0 Å². The molecule has 0 N–H and O–H groups in total. The first kappa shape index (κ1) is 16.0. The highest BCUT2D eigenvalue weighted by Gasteiger charge is 2.32. The Balaban J connectivity index is 2.17. The number of benzene rings is 1. The van der Waals surface area contributed by atoms with Crippen LogP contribution in [0.15, 0.2) is 35.4 Å². The molecule has 1 aromatic rings. The molecule has 2 rings (SSSR count). The third kappa shape index (κ3) is 3.64.